The van der Waals surface area contributed by atoms with Crippen LogP contribution < -0.4 is 0 Å². The Balaban J connectivity index is 3.06. The lowest BCUT2D eigenvalue weighted by atomic mass is 10.1. The number of esters is 1. The Kier molecular flexibility index (Phi) is 3.57. The highest BCUT2D eigenvalue weighted by Gasteiger charge is 2.15. The summed E-state index contributed by atoms with van der Waals surface area (Å²) in [6.07, 6.45) is -0.409. The summed E-state index contributed by atoms with van der Waals surface area (Å²) in [5.41, 5.74) is -0.286. The second-order valence-corrected chi connectivity index (χ2v) is 3.43. The molecule has 0 spiro atoms. The largest absolute Gasteiger partial charge is 0.469 e. The van der Waals surface area contributed by atoms with E-state index >= 15 is 0 Å². The van der Waals surface area contributed by atoms with Gasteiger partial charge in [-0.15, -0.1) is 0 Å². The van der Waals surface area contributed by atoms with Crippen molar-refractivity contribution in [3.63, 3.8) is 0 Å². The Morgan fingerprint density at radius 1 is 1.50 bits per heavy atom. The van der Waals surface area contributed by atoms with E-state index in [4.69, 9.17) is 0 Å². The lowest BCUT2D eigenvalue weighted by molar-refractivity contribution is -0.139. The summed E-state index contributed by atoms with van der Waals surface area (Å²) in [6, 6.07) is 2.33. The highest BCUT2D eigenvalue weighted by atomic mass is 79.9. The van der Waals surface area contributed by atoms with Crippen molar-refractivity contribution >= 4 is 21.9 Å². The van der Waals surface area contributed by atoms with Crippen molar-refractivity contribution in [3.8, 4) is 0 Å². The third-order valence-electron chi connectivity index (χ3n) is 1.69. The molecule has 0 N–H and O–H groups in total. The van der Waals surface area contributed by atoms with Crippen LogP contribution in [-0.2, 0) is 16.0 Å². The van der Waals surface area contributed by atoms with Crippen LogP contribution in [0.2, 0.25) is 0 Å². The Hall–Kier alpha value is -0.970. The Labute approximate surface area is 88.0 Å². The molecule has 0 atom stereocenters. The third kappa shape index (κ3) is 2.29. The molecular formula is C9H7BrF2O2. The molecule has 1 aromatic rings. The molecule has 76 valence electrons. The van der Waals surface area contributed by atoms with Gasteiger partial charge in [-0.05, 0) is 28.1 Å². The van der Waals surface area contributed by atoms with Gasteiger partial charge in [0.25, 0.3) is 0 Å². The van der Waals surface area contributed by atoms with E-state index in [1.165, 1.54) is 6.07 Å². The first-order chi connectivity index (χ1) is 6.56. The summed E-state index contributed by atoms with van der Waals surface area (Å²) < 4.78 is 30.8. The van der Waals surface area contributed by atoms with Crippen LogP contribution in [0.3, 0.4) is 0 Å². The minimum atomic E-state index is -0.768. The maximum absolute atomic E-state index is 13.3. The number of carbonyl (C=O) groups is 1. The zero-order chi connectivity index (χ0) is 10.7. The third-order valence-corrected chi connectivity index (χ3v) is 2.30. The van der Waals surface area contributed by atoms with Crippen LogP contribution in [0, 0.1) is 11.6 Å². The van der Waals surface area contributed by atoms with Crippen LogP contribution in [0.1, 0.15) is 5.56 Å². The summed E-state index contributed by atoms with van der Waals surface area (Å²) in [4.78, 5) is 10.8. The molecule has 1 rings (SSSR count). The number of halogens is 3. The van der Waals surface area contributed by atoms with Gasteiger partial charge in [0.2, 0.25) is 0 Å². The molecule has 0 aromatic heterocycles. The van der Waals surface area contributed by atoms with E-state index in [9.17, 15) is 13.6 Å². The Morgan fingerprint density at radius 3 is 2.71 bits per heavy atom. The van der Waals surface area contributed by atoms with Gasteiger partial charge in [0, 0.05) is 5.56 Å². The van der Waals surface area contributed by atoms with Crippen molar-refractivity contribution in [2.24, 2.45) is 0 Å². The Bertz CT molecular complexity index is 366. The number of hydrogen-bond donors (Lipinski definition) is 0. The summed E-state index contributed by atoms with van der Waals surface area (Å²) in [5, 5.41) is 0. The molecule has 0 heterocycles. The number of hydrogen-bond acceptors (Lipinski definition) is 2. The van der Waals surface area contributed by atoms with Gasteiger partial charge >= 0.3 is 5.97 Å². The predicted molar refractivity (Wildman–Crippen MR) is 49.8 cm³/mol. The molecule has 0 aliphatic carbocycles. The first kappa shape index (κ1) is 11.1. The molecule has 0 aliphatic rings. The van der Waals surface area contributed by atoms with E-state index < -0.39 is 24.0 Å². The molecule has 0 saturated heterocycles. The average molecular weight is 265 g/mol. The van der Waals surface area contributed by atoms with Crippen molar-refractivity contribution < 1.29 is 18.3 Å². The molecule has 0 saturated carbocycles. The SMILES string of the molecule is COC(=O)Cc1c(F)ccc(Br)c1F. The summed E-state index contributed by atoms with van der Waals surface area (Å²) >= 11 is 2.90. The highest BCUT2D eigenvalue weighted by Crippen LogP contribution is 2.22. The zero-order valence-corrected chi connectivity index (χ0v) is 8.90. The van der Waals surface area contributed by atoms with Crippen molar-refractivity contribution in [2.75, 3.05) is 7.11 Å². The summed E-state index contributed by atoms with van der Waals surface area (Å²) in [5.74, 6) is -2.20. The van der Waals surface area contributed by atoms with Crippen LogP contribution in [0.5, 0.6) is 0 Å². The first-order valence-electron chi connectivity index (χ1n) is 3.75. The molecule has 2 nitrogen and oxygen atoms in total. The molecule has 0 unspecified atom stereocenters. The fourth-order valence-electron chi connectivity index (χ4n) is 0.948. The molecule has 0 radical (unpaired) electrons. The van der Waals surface area contributed by atoms with E-state index in [0.717, 1.165) is 13.2 Å². The van der Waals surface area contributed by atoms with Crippen LogP contribution >= 0.6 is 15.9 Å². The maximum atomic E-state index is 13.3. The van der Waals surface area contributed by atoms with Crippen LogP contribution in [0.25, 0.3) is 0 Å². The molecule has 1 aromatic carbocycles. The van der Waals surface area contributed by atoms with E-state index in [2.05, 4.69) is 20.7 Å². The van der Waals surface area contributed by atoms with E-state index in [0.29, 0.717) is 0 Å². The van der Waals surface area contributed by atoms with Gasteiger partial charge in [-0.2, -0.15) is 0 Å². The lowest BCUT2D eigenvalue weighted by Crippen LogP contribution is -2.08. The van der Waals surface area contributed by atoms with Crippen molar-refractivity contribution in [1.82, 2.24) is 0 Å². The van der Waals surface area contributed by atoms with Crippen molar-refractivity contribution in [2.45, 2.75) is 6.42 Å². The first-order valence-corrected chi connectivity index (χ1v) is 4.54. The number of methoxy groups -OCH3 is 1. The topological polar surface area (TPSA) is 26.3 Å². The number of rotatable bonds is 2. The van der Waals surface area contributed by atoms with E-state index in [-0.39, 0.29) is 10.0 Å². The standard InChI is InChI=1S/C9H7BrF2O2/c1-14-8(13)4-5-7(11)3-2-6(10)9(5)12/h2-3H,4H2,1H3. The van der Waals surface area contributed by atoms with Gasteiger partial charge < -0.3 is 4.74 Å². The summed E-state index contributed by atoms with van der Waals surface area (Å²) in [6.45, 7) is 0. The van der Waals surface area contributed by atoms with Gasteiger partial charge in [-0.3, -0.25) is 4.79 Å². The second kappa shape index (κ2) is 4.50. The molecular weight excluding hydrogens is 258 g/mol. The second-order valence-electron chi connectivity index (χ2n) is 2.57. The van der Waals surface area contributed by atoms with Gasteiger partial charge in [0.1, 0.15) is 11.6 Å². The predicted octanol–water partition coefficient (Wildman–Crippen LogP) is 2.44. The minimum absolute atomic E-state index is 0.123. The molecule has 5 heteroatoms. The van der Waals surface area contributed by atoms with Crippen LogP contribution in [-0.4, -0.2) is 13.1 Å². The quantitative estimate of drug-likeness (QED) is 0.606. The Morgan fingerprint density at radius 2 is 2.14 bits per heavy atom. The van der Waals surface area contributed by atoms with Gasteiger partial charge in [0.15, 0.2) is 0 Å². The molecule has 0 amide bonds. The normalized spacial score (nSPS) is 10.0. The molecule has 0 fully saturated rings. The molecule has 0 bridgehead atoms. The number of carbonyl (C=O) groups excluding carboxylic acids is 1. The van der Waals surface area contributed by atoms with Gasteiger partial charge in [0.05, 0.1) is 18.0 Å². The van der Waals surface area contributed by atoms with Crippen molar-refractivity contribution in [3.05, 3.63) is 33.8 Å². The fraction of sp³-hybridized carbons (Fsp3) is 0.222. The van der Waals surface area contributed by atoms with Gasteiger partial charge in [-0.1, -0.05) is 0 Å². The van der Waals surface area contributed by atoms with E-state index in [1.807, 2.05) is 0 Å². The van der Waals surface area contributed by atoms with Crippen LogP contribution in [0.4, 0.5) is 8.78 Å². The van der Waals surface area contributed by atoms with Gasteiger partial charge in [-0.25, -0.2) is 8.78 Å². The number of ether oxygens (including phenoxy) is 1. The highest BCUT2D eigenvalue weighted by molar-refractivity contribution is 9.10. The monoisotopic (exact) mass is 264 g/mol. The fourth-order valence-corrected chi connectivity index (χ4v) is 1.32. The lowest BCUT2D eigenvalue weighted by Gasteiger charge is -2.04. The smallest absolute Gasteiger partial charge is 0.310 e. The van der Waals surface area contributed by atoms with Crippen molar-refractivity contribution in [1.29, 1.82) is 0 Å². The zero-order valence-electron chi connectivity index (χ0n) is 7.31. The van der Waals surface area contributed by atoms with Crippen LogP contribution in [0.15, 0.2) is 16.6 Å². The number of benzene rings is 1. The molecule has 14 heavy (non-hydrogen) atoms. The minimum Gasteiger partial charge on any atom is -0.469 e. The summed E-state index contributed by atoms with van der Waals surface area (Å²) in [7, 11) is 1.16. The van der Waals surface area contributed by atoms with E-state index in [1.54, 1.807) is 0 Å². The molecule has 0 aliphatic heterocycles. The maximum Gasteiger partial charge on any atom is 0.310 e. The average Bonchev–Trinajstić information content (AvgIpc) is 2.18.